The first-order chi connectivity index (χ1) is 10.0. The van der Waals surface area contributed by atoms with Crippen LogP contribution in [0.5, 0.6) is 0 Å². The van der Waals surface area contributed by atoms with Gasteiger partial charge in [0.1, 0.15) is 0 Å². The maximum atomic E-state index is 5.51. The molecule has 2 bridgehead atoms. The van der Waals surface area contributed by atoms with E-state index in [4.69, 9.17) is 17.0 Å². The SMILES string of the molecule is CC(C)(CNC(=S)N[C@@H]1C[C@H]2CC[C@@H]1C2)N1CCOCC1. The molecule has 21 heavy (non-hydrogen) atoms. The molecule has 0 spiro atoms. The van der Waals surface area contributed by atoms with Gasteiger partial charge < -0.3 is 15.4 Å². The van der Waals surface area contributed by atoms with Crippen molar-refractivity contribution in [3.63, 3.8) is 0 Å². The molecule has 2 N–H and O–H groups in total. The van der Waals surface area contributed by atoms with Gasteiger partial charge in [-0.2, -0.15) is 0 Å². The summed E-state index contributed by atoms with van der Waals surface area (Å²) in [6.45, 7) is 9.17. The minimum absolute atomic E-state index is 0.115. The Kier molecular flexibility index (Phi) is 4.71. The Labute approximate surface area is 134 Å². The lowest BCUT2D eigenvalue weighted by Gasteiger charge is -2.41. The Morgan fingerprint density at radius 3 is 2.62 bits per heavy atom. The normalized spacial score (nSPS) is 33.1. The highest BCUT2D eigenvalue weighted by Gasteiger charge is 2.39. The molecule has 120 valence electrons. The highest BCUT2D eigenvalue weighted by atomic mass is 32.1. The molecule has 3 aliphatic rings. The van der Waals surface area contributed by atoms with Crippen molar-refractivity contribution in [1.82, 2.24) is 15.5 Å². The minimum Gasteiger partial charge on any atom is -0.379 e. The van der Waals surface area contributed by atoms with Crippen molar-refractivity contribution in [3.8, 4) is 0 Å². The van der Waals surface area contributed by atoms with Crippen LogP contribution in [0.4, 0.5) is 0 Å². The smallest absolute Gasteiger partial charge is 0.166 e. The lowest BCUT2D eigenvalue weighted by Crippen LogP contribution is -2.57. The van der Waals surface area contributed by atoms with E-state index in [1.54, 1.807) is 0 Å². The molecule has 1 saturated heterocycles. The summed E-state index contributed by atoms with van der Waals surface area (Å²) in [5.41, 5.74) is 0.115. The second-order valence-electron chi connectivity index (χ2n) is 7.52. The van der Waals surface area contributed by atoms with Crippen molar-refractivity contribution >= 4 is 17.3 Å². The zero-order valence-electron chi connectivity index (χ0n) is 13.4. The van der Waals surface area contributed by atoms with E-state index >= 15 is 0 Å². The third kappa shape index (κ3) is 3.69. The second-order valence-corrected chi connectivity index (χ2v) is 7.93. The first kappa shape index (κ1) is 15.5. The lowest BCUT2D eigenvalue weighted by molar-refractivity contribution is -0.00830. The monoisotopic (exact) mass is 311 g/mol. The van der Waals surface area contributed by atoms with E-state index in [-0.39, 0.29) is 5.54 Å². The number of nitrogens with zero attached hydrogens (tertiary/aromatic N) is 1. The molecule has 1 aliphatic heterocycles. The molecule has 0 unspecified atom stereocenters. The predicted molar refractivity (Wildman–Crippen MR) is 89.4 cm³/mol. The van der Waals surface area contributed by atoms with Crippen LogP contribution in [0.1, 0.15) is 39.5 Å². The van der Waals surface area contributed by atoms with Crippen LogP contribution in [0, 0.1) is 11.8 Å². The summed E-state index contributed by atoms with van der Waals surface area (Å²) in [5.74, 6) is 1.82. The van der Waals surface area contributed by atoms with Crippen LogP contribution < -0.4 is 10.6 Å². The van der Waals surface area contributed by atoms with Crippen molar-refractivity contribution in [3.05, 3.63) is 0 Å². The van der Waals surface area contributed by atoms with Crippen molar-refractivity contribution in [1.29, 1.82) is 0 Å². The zero-order valence-corrected chi connectivity index (χ0v) is 14.2. The summed E-state index contributed by atoms with van der Waals surface area (Å²) in [6, 6.07) is 0.621. The maximum absolute atomic E-state index is 5.51. The molecular weight excluding hydrogens is 282 g/mol. The largest absolute Gasteiger partial charge is 0.379 e. The number of thiocarbonyl (C=S) groups is 1. The standard InChI is InChI=1S/C16H29N3OS/c1-16(2,19-5-7-20-8-6-19)11-17-15(21)18-14-10-12-3-4-13(14)9-12/h12-14H,3-11H2,1-2H3,(H2,17,18,21)/t12-,13+,14+/m0/s1. The summed E-state index contributed by atoms with van der Waals surface area (Å²) >= 11 is 5.51. The molecule has 0 aromatic heterocycles. The third-order valence-electron chi connectivity index (χ3n) is 5.60. The molecule has 2 saturated carbocycles. The van der Waals surface area contributed by atoms with Gasteiger partial charge in [0.05, 0.1) is 13.2 Å². The van der Waals surface area contributed by atoms with Gasteiger partial charge in [0, 0.05) is 31.2 Å². The van der Waals surface area contributed by atoms with Gasteiger partial charge in [-0.15, -0.1) is 0 Å². The van der Waals surface area contributed by atoms with Gasteiger partial charge in [-0.1, -0.05) is 6.42 Å². The van der Waals surface area contributed by atoms with Crippen LogP contribution >= 0.6 is 12.2 Å². The number of nitrogens with one attached hydrogen (secondary N) is 2. The Hall–Kier alpha value is -0.390. The molecule has 0 amide bonds. The lowest BCUT2D eigenvalue weighted by atomic mass is 9.95. The zero-order chi connectivity index (χ0) is 14.9. The summed E-state index contributed by atoms with van der Waals surface area (Å²) in [5, 5.41) is 7.85. The van der Waals surface area contributed by atoms with Crippen LogP contribution in [0.3, 0.4) is 0 Å². The van der Waals surface area contributed by atoms with E-state index in [2.05, 4.69) is 29.4 Å². The van der Waals surface area contributed by atoms with Gasteiger partial charge in [0.25, 0.3) is 0 Å². The van der Waals surface area contributed by atoms with Crippen molar-refractivity contribution in [2.45, 2.75) is 51.1 Å². The molecule has 2 aliphatic carbocycles. The number of morpholine rings is 1. The summed E-state index contributed by atoms with van der Waals surface area (Å²) in [4.78, 5) is 2.49. The summed E-state index contributed by atoms with van der Waals surface area (Å²) < 4.78 is 5.44. The molecule has 1 heterocycles. The fourth-order valence-corrected chi connectivity index (χ4v) is 4.44. The number of hydrogen-bond acceptors (Lipinski definition) is 3. The van der Waals surface area contributed by atoms with Crippen LogP contribution in [-0.2, 0) is 4.74 Å². The van der Waals surface area contributed by atoms with Gasteiger partial charge in [0.2, 0.25) is 0 Å². The molecule has 0 aromatic carbocycles. The highest BCUT2D eigenvalue weighted by Crippen LogP contribution is 2.44. The molecule has 3 atom stereocenters. The van der Waals surface area contributed by atoms with E-state index in [9.17, 15) is 0 Å². The second kappa shape index (κ2) is 6.39. The number of rotatable bonds is 4. The molecule has 4 nitrogen and oxygen atoms in total. The quantitative estimate of drug-likeness (QED) is 0.774. The van der Waals surface area contributed by atoms with Crippen molar-refractivity contribution in [2.24, 2.45) is 11.8 Å². The van der Waals surface area contributed by atoms with E-state index in [0.29, 0.717) is 6.04 Å². The van der Waals surface area contributed by atoms with E-state index in [1.165, 1.54) is 25.7 Å². The van der Waals surface area contributed by atoms with Gasteiger partial charge >= 0.3 is 0 Å². The fourth-order valence-electron chi connectivity index (χ4n) is 4.22. The Morgan fingerprint density at radius 2 is 2.00 bits per heavy atom. The van der Waals surface area contributed by atoms with Crippen LogP contribution in [0.25, 0.3) is 0 Å². The molecule has 3 fully saturated rings. The summed E-state index contributed by atoms with van der Waals surface area (Å²) in [6.07, 6.45) is 5.57. The number of hydrogen-bond donors (Lipinski definition) is 2. The Morgan fingerprint density at radius 1 is 1.24 bits per heavy atom. The minimum atomic E-state index is 0.115. The van der Waals surface area contributed by atoms with Gasteiger partial charge in [-0.25, -0.2) is 0 Å². The van der Waals surface area contributed by atoms with Crippen LogP contribution in [0.2, 0.25) is 0 Å². The maximum Gasteiger partial charge on any atom is 0.166 e. The first-order valence-corrected chi connectivity index (χ1v) is 8.82. The highest BCUT2D eigenvalue weighted by molar-refractivity contribution is 7.80. The van der Waals surface area contributed by atoms with Gasteiger partial charge in [-0.3, -0.25) is 4.90 Å². The Bertz CT molecular complexity index is 382. The molecule has 5 heteroatoms. The molecule has 0 aromatic rings. The average Bonchev–Trinajstić information content (AvgIpc) is 3.09. The Balaban J connectivity index is 1.42. The van der Waals surface area contributed by atoms with Crippen molar-refractivity contribution < 1.29 is 4.74 Å². The van der Waals surface area contributed by atoms with Crippen LogP contribution in [-0.4, -0.2) is 54.4 Å². The molecular formula is C16H29N3OS. The number of fused-ring (bicyclic) bond motifs is 2. The topological polar surface area (TPSA) is 36.5 Å². The molecule has 3 rings (SSSR count). The summed E-state index contributed by atoms with van der Waals surface area (Å²) in [7, 11) is 0. The van der Waals surface area contributed by atoms with E-state index < -0.39 is 0 Å². The van der Waals surface area contributed by atoms with Gasteiger partial charge in [0.15, 0.2) is 5.11 Å². The predicted octanol–water partition coefficient (Wildman–Crippen LogP) is 1.75. The first-order valence-electron chi connectivity index (χ1n) is 8.42. The molecule has 0 radical (unpaired) electrons. The van der Waals surface area contributed by atoms with Crippen molar-refractivity contribution in [2.75, 3.05) is 32.8 Å². The van der Waals surface area contributed by atoms with E-state index in [0.717, 1.165) is 49.8 Å². The third-order valence-corrected chi connectivity index (χ3v) is 5.87. The fraction of sp³-hybridized carbons (Fsp3) is 0.938. The average molecular weight is 311 g/mol. The van der Waals surface area contributed by atoms with Crippen LogP contribution in [0.15, 0.2) is 0 Å². The van der Waals surface area contributed by atoms with E-state index in [1.807, 2.05) is 0 Å². The van der Waals surface area contributed by atoms with Gasteiger partial charge in [-0.05, 0) is 57.2 Å². The number of ether oxygens (including phenoxy) is 1.